The van der Waals surface area contributed by atoms with Gasteiger partial charge in [0.15, 0.2) is 0 Å². The lowest BCUT2D eigenvalue weighted by Crippen LogP contribution is -2.02. The number of hydrogen-bond donors (Lipinski definition) is 2. The summed E-state index contributed by atoms with van der Waals surface area (Å²) in [7, 11) is 0. The highest BCUT2D eigenvalue weighted by Crippen LogP contribution is 2.21. The second kappa shape index (κ2) is 3.97. The Morgan fingerprint density at radius 1 is 1.11 bits per heavy atom. The molecule has 0 saturated carbocycles. The molecule has 2 N–H and O–H groups in total. The molecule has 3 rings (SSSR count). The number of nitrogens with zero attached hydrogens (tertiary/aromatic N) is 2. The standard InChI is InChI=1S/C15H8N4/c16-7-9-3-4-12(18)14-11(6-9)13-10(8-17)2-1-5-19-15(13)14/h1-6,18-19H. The van der Waals surface area contributed by atoms with Gasteiger partial charge in [-0.25, -0.2) is 0 Å². The van der Waals surface area contributed by atoms with E-state index in [2.05, 4.69) is 17.1 Å². The summed E-state index contributed by atoms with van der Waals surface area (Å²) in [6.45, 7) is 0. The second-order valence-corrected chi connectivity index (χ2v) is 4.19. The lowest BCUT2D eigenvalue weighted by Gasteiger charge is -2.03. The third-order valence-electron chi connectivity index (χ3n) is 3.14. The topological polar surface area (TPSA) is 87.2 Å². The molecule has 0 fully saturated rings. The number of aromatic amines is 1. The normalized spacial score (nSPS) is 10.2. The van der Waals surface area contributed by atoms with Gasteiger partial charge in [-0.15, -0.1) is 0 Å². The monoisotopic (exact) mass is 244 g/mol. The van der Waals surface area contributed by atoms with Crippen LogP contribution in [0.4, 0.5) is 0 Å². The van der Waals surface area contributed by atoms with Crippen molar-refractivity contribution in [2.24, 2.45) is 0 Å². The van der Waals surface area contributed by atoms with Crippen molar-refractivity contribution < 1.29 is 0 Å². The van der Waals surface area contributed by atoms with Gasteiger partial charge in [0.1, 0.15) is 0 Å². The summed E-state index contributed by atoms with van der Waals surface area (Å²) < 4.78 is 0. The highest BCUT2D eigenvalue weighted by Gasteiger charge is 2.10. The smallest absolute Gasteiger partial charge is 0.0998 e. The molecule has 1 aromatic carbocycles. The number of rotatable bonds is 0. The summed E-state index contributed by atoms with van der Waals surface area (Å²) in [6.07, 6.45) is 1.74. The number of nitrogens with one attached hydrogen (secondary N) is 2. The van der Waals surface area contributed by atoms with Crippen LogP contribution in [0.25, 0.3) is 10.8 Å². The van der Waals surface area contributed by atoms with Gasteiger partial charge in [0.2, 0.25) is 0 Å². The van der Waals surface area contributed by atoms with Gasteiger partial charge in [-0.1, -0.05) is 0 Å². The highest BCUT2D eigenvalue weighted by molar-refractivity contribution is 5.89. The zero-order valence-electron chi connectivity index (χ0n) is 9.86. The molecule has 0 spiro atoms. The SMILES string of the molecule is N#Cc1ccc(=N)c2c3[nH]cccc(C#N)c=3c2c1. The van der Waals surface area contributed by atoms with Crippen LogP contribution in [0.5, 0.6) is 0 Å². The van der Waals surface area contributed by atoms with Gasteiger partial charge < -0.3 is 10.4 Å². The molecule has 0 atom stereocenters. The Morgan fingerprint density at radius 3 is 2.68 bits per heavy atom. The van der Waals surface area contributed by atoms with Crippen LogP contribution in [-0.2, 0) is 0 Å². The van der Waals surface area contributed by atoms with Crippen LogP contribution in [0.2, 0.25) is 0 Å². The van der Waals surface area contributed by atoms with Crippen LogP contribution in [0.1, 0.15) is 11.1 Å². The number of fused-ring (bicyclic) bond motifs is 3. The molecule has 0 radical (unpaired) electrons. The van der Waals surface area contributed by atoms with Crippen LogP contribution >= 0.6 is 0 Å². The number of aromatic nitrogens is 1. The third-order valence-corrected chi connectivity index (χ3v) is 3.14. The fraction of sp³-hybridized carbons (Fsp3) is 0. The average Bonchev–Trinajstić information content (AvgIpc) is 2.66. The van der Waals surface area contributed by atoms with Gasteiger partial charge >= 0.3 is 0 Å². The Bertz CT molecular complexity index is 999. The van der Waals surface area contributed by atoms with E-state index in [4.69, 9.17) is 10.7 Å². The largest absolute Gasteiger partial charge is 0.361 e. The maximum atomic E-state index is 9.20. The van der Waals surface area contributed by atoms with Crippen molar-refractivity contribution in [3.8, 4) is 12.1 Å². The van der Waals surface area contributed by atoms with E-state index in [1.165, 1.54) is 0 Å². The second-order valence-electron chi connectivity index (χ2n) is 4.19. The van der Waals surface area contributed by atoms with Crippen LogP contribution in [0, 0.1) is 38.6 Å². The predicted octanol–water partition coefficient (Wildman–Crippen LogP) is 2.12. The molecule has 1 aromatic rings. The quantitative estimate of drug-likeness (QED) is 0.634. The first-order chi connectivity index (χ1) is 9.26. The number of H-pyrrole nitrogens is 1. The molecule has 2 aliphatic rings. The Balaban J connectivity index is 2.71. The van der Waals surface area contributed by atoms with E-state index in [9.17, 15) is 5.26 Å². The van der Waals surface area contributed by atoms with Crippen molar-refractivity contribution in [3.05, 3.63) is 63.6 Å². The van der Waals surface area contributed by atoms with Gasteiger partial charge in [-0.3, -0.25) is 0 Å². The van der Waals surface area contributed by atoms with Crippen molar-refractivity contribution in [1.29, 1.82) is 15.9 Å². The van der Waals surface area contributed by atoms with E-state index in [1.54, 1.807) is 36.5 Å². The zero-order chi connectivity index (χ0) is 13.4. The molecule has 0 unspecified atom stereocenters. The van der Waals surface area contributed by atoms with E-state index in [0.717, 1.165) is 21.3 Å². The fourth-order valence-corrected chi connectivity index (χ4v) is 2.29. The van der Waals surface area contributed by atoms with E-state index in [-0.39, 0.29) is 0 Å². The summed E-state index contributed by atoms with van der Waals surface area (Å²) >= 11 is 0. The number of nitriles is 2. The highest BCUT2D eigenvalue weighted by atomic mass is 14.6. The maximum Gasteiger partial charge on any atom is 0.0998 e. The summed E-state index contributed by atoms with van der Waals surface area (Å²) in [5.41, 5.74) is 1.02. The zero-order valence-corrected chi connectivity index (χ0v) is 9.86. The Morgan fingerprint density at radius 2 is 1.95 bits per heavy atom. The molecule has 88 valence electrons. The first-order valence-electron chi connectivity index (χ1n) is 5.68. The minimum Gasteiger partial charge on any atom is -0.361 e. The summed E-state index contributed by atoms with van der Waals surface area (Å²) in [5.74, 6) is 0. The molecule has 4 heteroatoms. The first kappa shape index (κ1) is 11.0. The predicted molar refractivity (Wildman–Crippen MR) is 68.9 cm³/mol. The average molecular weight is 244 g/mol. The lowest BCUT2D eigenvalue weighted by atomic mass is 10.0. The van der Waals surface area contributed by atoms with E-state index in [1.807, 2.05) is 0 Å². The minimum atomic E-state index is 0.343. The molecule has 4 nitrogen and oxygen atoms in total. The van der Waals surface area contributed by atoms with Crippen LogP contribution < -0.4 is 5.36 Å². The number of hydrogen-bond acceptors (Lipinski definition) is 3. The molecule has 0 aromatic heterocycles. The van der Waals surface area contributed by atoms with Gasteiger partial charge in [-0.2, -0.15) is 10.5 Å². The van der Waals surface area contributed by atoms with Crippen LogP contribution in [0.3, 0.4) is 0 Å². The van der Waals surface area contributed by atoms with Gasteiger partial charge in [-0.05, 0) is 35.7 Å². The molecule has 1 aliphatic carbocycles. The van der Waals surface area contributed by atoms with E-state index >= 15 is 0 Å². The molecule has 0 saturated heterocycles. The maximum absolute atomic E-state index is 9.20. The molecule has 1 aliphatic heterocycles. The molecule has 0 amide bonds. The van der Waals surface area contributed by atoms with E-state index in [0.29, 0.717) is 16.5 Å². The Hall–Kier alpha value is -3.11. The summed E-state index contributed by atoms with van der Waals surface area (Å²) in [6, 6.07) is 12.7. The fourth-order valence-electron chi connectivity index (χ4n) is 2.29. The van der Waals surface area contributed by atoms with E-state index < -0.39 is 0 Å². The van der Waals surface area contributed by atoms with Gasteiger partial charge in [0.05, 0.1) is 34.0 Å². The molecular formula is C15H8N4. The van der Waals surface area contributed by atoms with Crippen molar-refractivity contribution in [2.45, 2.75) is 0 Å². The Labute approximate surface area is 108 Å². The third kappa shape index (κ3) is 1.48. The summed E-state index contributed by atoms with van der Waals surface area (Å²) in [4.78, 5) is 3.09. The van der Waals surface area contributed by atoms with Crippen molar-refractivity contribution >= 4 is 10.8 Å². The molecular weight excluding hydrogens is 236 g/mol. The Kier molecular flexibility index (Phi) is 2.30. The molecule has 19 heavy (non-hydrogen) atoms. The van der Waals surface area contributed by atoms with Gasteiger partial charge in [0, 0.05) is 16.8 Å². The van der Waals surface area contributed by atoms with Crippen molar-refractivity contribution in [3.63, 3.8) is 0 Å². The minimum absolute atomic E-state index is 0.343. The molecule has 0 bridgehead atoms. The van der Waals surface area contributed by atoms with Crippen molar-refractivity contribution in [2.75, 3.05) is 0 Å². The lowest BCUT2D eigenvalue weighted by molar-refractivity contribution is 1.24. The summed E-state index contributed by atoms with van der Waals surface area (Å²) in [5, 5.41) is 29.7. The van der Waals surface area contributed by atoms with Gasteiger partial charge in [0.25, 0.3) is 0 Å². The van der Waals surface area contributed by atoms with Crippen LogP contribution in [0.15, 0.2) is 36.5 Å². The van der Waals surface area contributed by atoms with Crippen molar-refractivity contribution in [1.82, 2.24) is 4.98 Å². The van der Waals surface area contributed by atoms with Crippen LogP contribution in [-0.4, -0.2) is 4.98 Å². The molecule has 1 heterocycles. The first-order valence-corrected chi connectivity index (χ1v) is 5.68.